The molecule has 1 aliphatic heterocycles. The number of esters is 1. The quantitative estimate of drug-likeness (QED) is 0.568. The van der Waals surface area contributed by atoms with Crippen molar-refractivity contribution in [3.8, 4) is 0 Å². The zero-order valence-electron chi connectivity index (χ0n) is 11.6. The van der Waals surface area contributed by atoms with Gasteiger partial charge in [-0.25, -0.2) is 13.2 Å². The molecule has 0 spiro atoms. The number of hydrogen-bond acceptors (Lipinski definition) is 7. The number of aliphatic hydroxyl groups excluding tert-OH is 1. The summed E-state index contributed by atoms with van der Waals surface area (Å²) in [6.45, 7) is 1.35. The minimum Gasteiger partial charge on any atom is -0.480 e. The van der Waals surface area contributed by atoms with Crippen LogP contribution >= 0.6 is 0 Å². The number of carbonyl (C=O) groups excluding carboxylic acids is 1. The molecule has 0 amide bonds. The standard InChI is InChI=1S/C11H15N3O7S/c1-2-21-11(18)7-4-9(13-12-7)22(19,20)14-5-6(15)3-8(14)10(16)17/h4,6,8,15H,2-3,5H2,1H3,(H,12,13)(H,16,17)/t6-,8-/m0/s1. The lowest BCUT2D eigenvalue weighted by molar-refractivity contribution is -0.140. The summed E-state index contributed by atoms with van der Waals surface area (Å²) >= 11 is 0. The van der Waals surface area contributed by atoms with Gasteiger partial charge in [0.15, 0.2) is 10.7 Å². The van der Waals surface area contributed by atoms with Gasteiger partial charge in [0.05, 0.1) is 12.7 Å². The highest BCUT2D eigenvalue weighted by atomic mass is 32.2. The number of carboxylic acids is 1. The summed E-state index contributed by atoms with van der Waals surface area (Å²) in [6.07, 6.45) is -1.27. The van der Waals surface area contributed by atoms with Crippen molar-refractivity contribution in [2.24, 2.45) is 0 Å². The highest BCUT2D eigenvalue weighted by Crippen LogP contribution is 2.26. The van der Waals surface area contributed by atoms with Crippen molar-refractivity contribution in [3.63, 3.8) is 0 Å². The Labute approximate surface area is 125 Å². The first kappa shape index (κ1) is 16.4. The monoisotopic (exact) mass is 333 g/mol. The fourth-order valence-electron chi connectivity index (χ4n) is 2.15. The second kappa shape index (κ2) is 6.02. The van der Waals surface area contributed by atoms with E-state index in [-0.39, 0.29) is 25.3 Å². The molecule has 11 heteroatoms. The molecule has 0 aliphatic carbocycles. The number of rotatable bonds is 5. The van der Waals surface area contributed by atoms with E-state index in [9.17, 15) is 23.1 Å². The third kappa shape index (κ3) is 2.96. The van der Waals surface area contributed by atoms with Crippen LogP contribution in [0.2, 0.25) is 0 Å². The fourth-order valence-corrected chi connectivity index (χ4v) is 3.70. The van der Waals surface area contributed by atoms with Crippen LogP contribution in [0.25, 0.3) is 0 Å². The third-order valence-electron chi connectivity index (χ3n) is 3.14. The lowest BCUT2D eigenvalue weighted by atomic mass is 10.2. The summed E-state index contributed by atoms with van der Waals surface area (Å²) in [7, 11) is -4.23. The zero-order valence-corrected chi connectivity index (χ0v) is 12.4. The maximum atomic E-state index is 12.4. The molecular weight excluding hydrogens is 318 g/mol. The SMILES string of the molecule is CCOC(=O)c1cc(S(=O)(=O)N2C[C@@H](O)C[C@H]2C(=O)O)[nH]n1. The summed E-state index contributed by atoms with van der Waals surface area (Å²) in [6, 6.07) is -0.397. The molecule has 2 heterocycles. The first-order valence-corrected chi connectivity index (χ1v) is 7.86. The zero-order chi connectivity index (χ0) is 16.5. The predicted molar refractivity (Wildman–Crippen MR) is 70.5 cm³/mol. The van der Waals surface area contributed by atoms with E-state index >= 15 is 0 Å². The number of aliphatic hydroxyl groups is 1. The third-order valence-corrected chi connectivity index (χ3v) is 4.93. The van der Waals surface area contributed by atoms with Crippen LogP contribution in [0.15, 0.2) is 11.1 Å². The molecule has 1 aromatic heterocycles. The van der Waals surface area contributed by atoms with Gasteiger partial charge in [-0.05, 0) is 6.92 Å². The van der Waals surface area contributed by atoms with Crippen LogP contribution in [0.5, 0.6) is 0 Å². The van der Waals surface area contributed by atoms with Gasteiger partial charge in [-0.3, -0.25) is 9.89 Å². The minimum atomic E-state index is -4.23. The van der Waals surface area contributed by atoms with Crippen molar-refractivity contribution in [1.82, 2.24) is 14.5 Å². The Morgan fingerprint density at radius 1 is 1.55 bits per heavy atom. The molecule has 0 radical (unpaired) electrons. The van der Waals surface area contributed by atoms with Gasteiger partial charge < -0.3 is 14.9 Å². The smallest absolute Gasteiger partial charge is 0.358 e. The Kier molecular flexibility index (Phi) is 4.49. The van der Waals surface area contributed by atoms with Crippen LogP contribution in [-0.4, -0.2) is 70.4 Å². The first-order valence-electron chi connectivity index (χ1n) is 6.42. The van der Waals surface area contributed by atoms with Crippen LogP contribution in [0, 0.1) is 0 Å². The molecule has 0 saturated carbocycles. The minimum absolute atomic E-state index is 0.104. The van der Waals surface area contributed by atoms with E-state index in [0.717, 1.165) is 6.07 Å². The second-order valence-corrected chi connectivity index (χ2v) is 6.52. The molecule has 1 fully saturated rings. The van der Waals surface area contributed by atoms with Crippen LogP contribution in [0.3, 0.4) is 0 Å². The maximum Gasteiger partial charge on any atom is 0.358 e. The van der Waals surface area contributed by atoms with Gasteiger partial charge in [0.2, 0.25) is 0 Å². The number of nitrogens with one attached hydrogen (secondary N) is 1. The maximum absolute atomic E-state index is 12.4. The summed E-state index contributed by atoms with van der Waals surface area (Å²) in [4.78, 5) is 22.6. The van der Waals surface area contributed by atoms with E-state index in [1.54, 1.807) is 6.92 Å². The van der Waals surface area contributed by atoms with E-state index in [0.29, 0.717) is 4.31 Å². The van der Waals surface area contributed by atoms with E-state index < -0.39 is 39.1 Å². The van der Waals surface area contributed by atoms with Gasteiger partial charge in [-0.1, -0.05) is 0 Å². The number of carbonyl (C=O) groups is 2. The molecule has 1 aliphatic rings. The number of aromatic nitrogens is 2. The first-order chi connectivity index (χ1) is 10.3. The number of nitrogens with zero attached hydrogens (tertiary/aromatic N) is 2. The molecule has 3 N–H and O–H groups in total. The number of aromatic amines is 1. The lowest BCUT2D eigenvalue weighted by Gasteiger charge is -2.19. The summed E-state index contributed by atoms with van der Waals surface area (Å²) in [5.74, 6) is -2.15. The second-order valence-electron chi connectivity index (χ2n) is 4.66. The van der Waals surface area contributed by atoms with Gasteiger partial charge >= 0.3 is 11.9 Å². The van der Waals surface area contributed by atoms with Crippen LogP contribution in [0.4, 0.5) is 0 Å². The number of β-amino-alcohol motifs (C(OH)–C–C–N with tert-alkyl or cyclic N) is 1. The van der Waals surface area contributed by atoms with Gasteiger partial charge in [0, 0.05) is 19.0 Å². The van der Waals surface area contributed by atoms with Crippen LogP contribution < -0.4 is 0 Å². The van der Waals surface area contributed by atoms with Gasteiger partial charge in [-0.15, -0.1) is 0 Å². The van der Waals surface area contributed by atoms with Crippen molar-refractivity contribution < 1.29 is 33.0 Å². The molecule has 0 aromatic carbocycles. The normalized spacial score (nSPS) is 22.6. The van der Waals surface area contributed by atoms with Crippen molar-refractivity contribution >= 4 is 22.0 Å². The number of aliphatic carboxylic acids is 1. The van der Waals surface area contributed by atoms with Gasteiger partial charge in [-0.2, -0.15) is 9.40 Å². The Bertz CT molecular complexity index is 684. The van der Waals surface area contributed by atoms with Gasteiger partial charge in [0.1, 0.15) is 6.04 Å². The molecular formula is C11H15N3O7S. The molecule has 1 saturated heterocycles. The molecule has 0 unspecified atom stereocenters. The van der Waals surface area contributed by atoms with E-state index in [2.05, 4.69) is 10.2 Å². The van der Waals surface area contributed by atoms with Crippen molar-refractivity contribution in [2.45, 2.75) is 30.5 Å². The van der Waals surface area contributed by atoms with E-state index in [1.165, 1.54) is 0 Å². The number of sulfonamides is 1. The molecule has 1 aromatic rings. The molecule has 2 atom stereocenters. The Hall–Kier alpha value is -1.98. The molecule has 10 nitrogen and oxygen atoms in total. The Morgan fingerprint density at radius 2 is 2.23 bits per heavy atom. The number of carboxylic acid groups (broad SMARTS) is 1. The molecule has 2 rings (SSSR count). The van der Waals surface area contributed by atoms with Crippen molar-refractivity contribution in [3.05, 3.63) is 11.8 Å². The summed E-state index contributed by atoms with van der Waals surface area (Å²) in [5.41, 5.74) is -0.230. The largest absolute Gasteiger partial charge is 0.480 e. The average molecular weight is 333 g/mol. The lowest BCUT2D eigenvalue weighted by Crippen LogP contribution is -2.40. The average Bonchev–Trinajstić information content (AvgIpc) is 3.05. The van der Waals surface area contributed by atoms with Crippen molar-refractivity contribution in [1.29, 1.82) is 0 Å². The predicted octanol–water partition coefficient (Wildman–Crippen LogP) is -1.21. The molecule has 122 valence electrons. The summed E-state index contributed by atoms with van der Waals surface area (Å²) in [5, 5.41) is 23.9. The Morgan fingerprint density at radius 3 is 2.82 bits per heavy atom. The number of hydrogen-bond donors (Lipinski definition) is 3. The summed E-state index contributed by atoms with van der Waals surface area (Å²) < 4.78 is 30.2. The number of ether oxygens (including phenoxy) is 1. The Balaban J connectivity index is 2.30. The fraction of sp³-hybridized carbons (Fsp3) is 0.545. The van der Waals surface area contributed by atoms with Crippen LogP contribution in [-0.2, 0) is 19.6 Å². The highest BCUT2D eigenvalue weighted by molar-refractivity contribution is 7.89. The highest BCUT2D eigenvalue weighted by Gasteiger charge is 2.44. The van der Waals surface area contributed by atoms with E-state index in [4.69, 9.17) is 9.84 Å². The topological polar surface area (TPSA) is 150 Å². The molecule has 22 heavy (non-hydrogen) atoms. The number of H-pyrrole nitrogens is 1. The van der Waals surface area contributed by atoms with Crippen LogP contribution in [0.1, 0.15) is 23.8 Å². The van der Waals surface area contributed by atoms with Gasteiger partial charge in [0.25, 0.3) is 10.0 Å². The van der Waals surface area contributed by atoms with E-state index in [1.807, 2.05) is 0 Å². The van der Waals surface area contributed by atoms with Crippen molar-refractivity contribution in [2.75, 3.05) is 13.2 Å². The molecule has 0 bridgehead atoms.